The Hall–Kier alpha value is -3.21. The van der Waals surface area contributed by atoms with Crippen LogP contribution >= 0.6 is 0 Å². The maximum atomic E-state index is 12.6. The van der Waals surface area contributed by atoms with E-state index >= 15 is 0 Å². The van der Waals surface area contributed by atoms with E-state index in [-0.39, 0.29) is 10.7 Å². The van der Waals surface area contributed by atoms with E-state index in [1.54, 1.807) is 43.3 Å². The first-order valence-electron chi connectivity index (χ1n) is 8.15. The lowest BCUT2D eigenvalue weighted by Crippen LogP contribution is -2.14. The van der Waals surface area contributed by atoms with Crippen LogP contribution in [0.15, 0.2) is 71.6 Å². The lowest BCUT2D eigenvalue weighted by atomic mass is 10.1. The molecule has 0 aliphatic carbocycles. The summed E-state index contributed by atoms with van der Waals surface area (Å²) in [7, 11) is -3.80. The Morgan fingerprint density at radius 2 is 1.59 bits per heavy atom. The SMILES string of the molecule is [C-]#[N+]c1ccc(-c2ccc(S(=O)(=O)Nc3cccc(C(C)O)n3)cc2)cc1. The van der Waals surface area contributed by atoms with Gasteiger partial charge in [0.2, 0.25) is 0 Å². The van der Waals surface area contributed by atoms with Gasteiger partial charge in [0.15, 0.2) is 5.69 Å². The molecule has 2 aromatic carbocycles. The van der Waals surface area contributed by atoms with E-state index < -0.39 is 16.1 Å². The number of rotatable bonds is 5. The van der Waals surface area contributed by atoms with Crippen LogP contribution < -0.4 is 4.72 Å². The summed E-state index contributed by atoms with van der Waals surface area (Å²) in [6, 6.07) is 18.3. The zero-order valence-electron chi connectivity index (χ0n) is 14.5. The standard InChI is InChI=1S/C20H17N3O3S/c1-14(24)19-4-3-5-20(22-19)23-27(25,26)18-12-8-16(9-13-18)15-6-10-17(21-2)11-7-15/h3-14,24H,1H3,(H,22,23). The third-order valence-electron chi connectivity index (χ3n) is 3.93. The van der Waals surface area contributed by atoms with E-state index in [2.05, 4.69) is 14.6 Å². The molecular formula is C20H17N3O3S. The average molecular weight is 379 g/mol. The molecule has 0 amide bonds. The highest BCUT2D eigenvalue weighted by Crippen LogP contribution is 2.25. The van der Waals surface area contributed by atoms with Gasteiger partial charge < -0.3 is 5.11 Å². The molecule has 3 aromatic rings. The minimum absolute atomic E-state index is 0.105. The second kappa shape index (κ2) is 7.58. The first-order chi connectivity index (χ1) is 12.9. The number of pyridine rings is 1. The van der Waals surface area contributed by atoms with Crippen LogP contribution in [0.2, 0.25) is 0 Å². The van der Waals surface area contributed by atoms with E-state index in [1.165, 1.54) is 18.2 Å². The van der Waals surface area contributed by atoms with Gasteiger partial charge in [0.1, 0.15) is 5.82 Å². The van der Waals surface area contributed by atoms with Crippen LogP contribution in [0, 0.1) is 6.57 Å². The van der Waals surface area contributed by atoms with Crippen LogP contribution in [-0.2, 0) is 10.0 Å². The van der Waals surface area contributed by atoms with Crippen LogP contribution in [0.5, 0.6) is 0 Å². The number of sulfonamides is 1. The largest absolute Gasteiger partial charge is 0.387 e. The molecule has 27 heavy (non-hydrogen) atoms. The summed E-state index contributed by atoms with van der Waals surface area (Å²) < 4.78 is 27.6. The van der Waals surface area contributed by atoms with Crippen molar-refractivity contribution in [2.24, 2.45) is 0 Å². The molecule has 0 fully saturated rings. The summed E-state index contributed by atoms with van der Waals surface area (Å²) in [6.07, 6.45) is -0.789. The zero-order chi connectivity index (χ0) is 19.4. The smallest absolute Gasteiger partial charge is 0.263 e. The first kappa shape index (κ1) is 18.6. The third-order valence-corrected chi connectivity index (χ3v) is 5.30. The van der Waals surface area contributed by atoms with Crippen molar-refractivity contribution in [3.05, 3.63) is 83.8 Å². The fraction of sp³-hybridized carbons (Fsp3) is 0.100. The Bertz CT molecular complexity index is 1080. The molecule has 7 heteroatoms. The van der Waals surface area contributed by atoms with Gasteiger partial charge >= 0.3 is 0 Å². The van der Waals surface area contributed by atoms with E-state index in [0.717, 1.165) is 11.1 Å². The van der Waals surface area contributed by atoms with Crippen molar-refractivity contribution in [2.75, 3.05) is 4.72 Å². The highest BCUT2D eigenvalue weighted by Gasteiger charge is 2.15. The monoisotopic (exact) mass is 379 g/mol. The number of benzene rings is 2. The summed E-state index contributed by atoms with van der Waals surface area (Å²) in [5, 5.41) is 9.58. The Labute approximate surface area is 158 Å². The van der Waals surface area contributed by atoms with Gasteiger partial charge in [0, 0.05) is 0 Å². The van der Waals surface area contributed by atoms with Gasteiger partial charge in [-0.3, -0.25) is 4.72 Å². The maximum absolute atomic E-state index is 12.6. The van der Waals surface area contributed by atoms with Crippen molar-refractivity contribution in [2.45, 2.75) is 17.9 Å². The van der Waals surface area contributed by atoms with Crippen molar-refractivity contribution in [1.82, 2.24) is 4.98 Å². The fourth-order valence-corrected chi connectivity index (χ4v) is 3.49. The molecular weight excluding hydrogens is 362 g/mol. The molecule has 6 nitrogen and oxygen atoms in total. The summed E-state index contributed by atoms with van der Waals surface area (Å²) in [5.74, 6) is 0.146. The summed E-state index contributed by atoms with van der Waals surface area (Å²) in [6.45, 7) is 8.54. The first-order valence-corrected chi connectivity index (χ1v) is 9.63. The number of aromatic nitrogens is 1. The predicted octanol–water partition coefficient (Wildman–Crippen LogP) is 4.15. The minimum Gasteiger partial charge on any atom is -0.387 e. The lowest BCUT2D eigenvalue weighted by Gasteiger charge is -2.10. The predicted molar refractivity (Wildman–Crippen MR) is 104 cm³/mol. The van der Waals surface area contributed by atoms with Gasteiger partial charge in [-0.15, -0.1) is 0 Å². The third kappa shape index (κ3) is 4.31. The number of aliphatic hydroxyl groups excluding tert-OH is 1. The van der Waals surface area contributed by atoms with Gasteiger partial charge in [0.05, 0.1) is 23.3 Å². The summed E-state index contributed by atoms with van der Waals surface area (Å²) in [4.78, 5) is 7.55. The summed E-state index contributed by atoms with van der Waals surface area (Å²) in [5.41, 5.74) is 2.67. The van der Waals surface area contributed by atoms with Gasteiger partial charge in [-0.1, -0.05) is 42.5 Å². The zero-order valence-corrected chi connectivity index (χ0v) is 15.3. The van der Waals surface area contributed by atoms with Crippen LogP contribution in [0.3, 0.4) is 0 Å². The Kier molecular flexibility index (Phi) is 5.21. The molecule has 0 radical (unpaired) electrons. The Morgan fingerprint density at radius 1 is 1.00 bits per heavy atom. The molecule has 1 atom stereocenters. The number of nitrogens with one attached hydrogen (secondary N) is 1. The number of hydrogen-bond acceptors (Lipinski definition) is 4. The number of aliphatic hydroxyl groups is 1. The van der Waals surface area contributed by atoms with Crippen molar-refractivity contribution in [3.8, 4) is 11.1 Å². The van der Waals surface area contributed by atoms with Crippen LogP contribution in [0.1, 0.15) is 18.7 Å². The second-order valence-electron chi connectivity index (χ2n) is 5.91. The molecule has 0 saturated carbocycles. The minimum atomic E-state index is -3.80. The molecule has 2 N–H and O–H groups in total. The highest BCUT2D eigenvalue weighted by atomic mass is 32.2. The Balaban J connectivity index is 1.83. The highest BCUT2D eigenvalue weighted by molar-refractivity contribution is 7.92. The quantitative estimate of drug-likeness (QED) is 0.652. The van der Waals surface area contributed by atoms with Crippen molar-refractivity contribution in [1.29, 1.82) is 0 Å². The number of nitrogens with zero attached hydrogens (tertiary/aromatic N) is 2. The molecule has 0 saturated heterocycles. The Morgan fingerprint density at radius 3 is 2.15 bits per heavy atom. The molecule has 136 valence electrons. The fourth-order valence-electron chi connectivity index (χ4n) is 2.49. The van der Waals surface area contributed by atoms with E-state index in [1.807, 2.05) is 12.1 Å². The van der Waals surface area contributed by atoms with Crippen molar-refractivity contribution < 1.29 is 13.5 Å². The van der Waals surface area contributed by atoms with Gasteiger partial charge in [0.25, 0.3) is 10.0 Å². The molecule has 0 bridgehead atoms. The number of hydrogen-bond donors (Lipinski definition) is 2. The average Bonchev–Trinajstić information content (AvgIpc) is 2.68. The lowest BCUT2D eigenvalue weighted by molar-refractivity contribution is 0.194. The molecule has 3 rings (SSSR count). The molecule has 0 aliphatic heterocycles. The van der Waals surface area contributed by atoms with Gasteiger partial charge in [-0.25, -0.2) is 18.2 Å². The van der Waals surface area contributed by atoms with Gasteiger partial charge in [-0.2, -0.15) is 0 Å². The van der Waals surface area contributed by atoms with E-state index in [4.69, 9.17) is 6.57 Å². The van der Waals surface area contributed by atoms with Crippen molar-refractivity contribution in [3.63, 3.8) is 0 Å². The maximum Gasteiger partial charge on any atom is 0.263 e. The van der Waals surface area contributed by atoms with E-state index in [0.29, 0.717) is 11.4 Å². The van der Waals surface area contributed by atoms with Crippen molar-refractivity contribution >= 4 is 21.5 Å². The normalized spacial score (nSPS) is 12.2. The molecule has 1 unspecified atom stereocenters. The number of anilines is 1. The topological polar surface area (TPSA) is 83.7 Å². The molecule has 0 aliphatic rings. The van der Waals surface area contributed by atoms with Crippen LogP contribution in [0.25, 0.3) is 16.0 Å². The second-order valence-corrected chi connectivity index (χ2v) is 7.59. The molecule has 0 spiro atoms. The van der Waals surface area contributed by atoms with Gasteiger partial charge in [-0.05, 0) is 42.3 Å². The summed E-state index contributed by atoms with van der Waals surface area (Å²) >= 11 is 0. The molecule has 1 aromatic heterocycles. The van der Waals surface area contributed by atoms with Crippen LogP contribution in [-0.4, -0.2) is 18.5 Å². The van der Waals surface area contributed by atoms with E-state index in [9.17, 15) is 13.5 Å². The van der Waals surface area contributed by atoms with Crippen LogP contribution in [0.4, 0.5) is 11.5 Å². The molecule has 1 heterocycles.